The quantitative estimate of drug-likeness (QED) is 0.716. The molecule has 1 aromatic carbocycles. The van der Waals surface area contributed by atoms with Crippen molar-refractivity contribution in [3.63, 3.8) is 0 Å². The number of aryl methyl sites for hydroxylation is 1. The molecule has 16 heavy (non-hydrogen) atoms. The SMILES string of the molecule is CC(=O)n1c(C)nn(-c2ccccc2)c1=O. The van der Waals surface area contributed by atoms with Crippen LogP contribution in [0, 0.1) is 6.92 Å². The van der Waals surface area contributed by atoms with Gasteiger partial charge in [-0.25, -0.2) is 9.36 Å². The van der Waals surface area contributed by atoms with Crippen molar-refractivity contribution in [2.75, 3.05) is 0 Å². The number of hydrogen-bond donors (Lipinski definition) is 0. The summed E-state index contributed by atoms with van der Waals surface area (Å²) in [6.07, 6.45) is 0. The Bertz CT molecular complexity index is 581. The summed E-state index contributed by atoms with van der Waals surface area (Å²) in [5.41, 5.74) is 0.215. The summed E-state index contributed by atoms with van der Waals surface area (Å²) in [4.78, 5) is 23.1. The highest BCUT2D eigenvalue weighted by Gasteiger charge is 2.13. The molecule has 0 aliphatic carbocycles. The van der Waals surface area contributed by atoms with Gasteiger partial charge in [0.2, 0.25) is 5.91 Å². The van der Waals surface area contributed by atoms with Crippen LogP contribution < -0.4 is 5.69 Å². The molecule has 0 unspecified atom stereocenters. The number of nitrogens with zero attached hydrogens (tertiary/aromatic N) is 3. The zero-order valence-electron chi connectivity index (χ0n) is 9.04. The van der Waals surface area contributed by atoms with E-state index < -0.39 is 5.69 Å². The molecule has 0 bridgehead atoms. The number of hydrogen-bond acceptors (Lipinski definition) is 3. The Kier molecular flexibility index (Phi) is 2.44. The number of rotatable bonds is 1. The van der Waals surface area contributed by atoms with Gasteiger partial charge >= 0.3 is 5.69 Å². The Morgan fingerprint density at radius 2 is 1.88 bits per heavy atom. The van der Waals surface area contributed by atoms with Gasteiger partial charge in [0.25, 0.3) is 0 Å². The van der Waals surface area contributed by atoms with Crippen molar-refractivity contribution in [1.82, 2.24) is 14.3 Å². The molecule has 2 rings (SSSR count). The van der Waals surface area contributed by atoms with Crippen molar-refractivity contribution >= 4 is 5.91 Å². The van der Waals surface area contributed by atoms with E-state index >= 15 is 0 Å². The highest BCUT2D eigenvalue weighted by molar-refractivity contribution is 5.76. The first kappa shape index (κ1) is 10.4. The molecule has 2 aromatic rings. The third kappa shape index (κ3) is 1.56. The smallest absolute Gasteiger partial charge is 0.274 e. The fourth-order valence-electron chi connectivity index (χ4n) is 1.57. The van der Waals surface area contributed by atoms with Crippen molar-refractivity contribution in [2.24, 2.45) is 0 Å². The van der Waals surface area contributed by atoms with Crippen LogP contribution in [0.4, 0.5) is 0 Å². The molecule has 0 spiro atoms. The van der Waals surface area contributed by atoms with Gasteiger partial charge < -0.3 is 0 Å². The summed E-state index contributed by atoms with van der Waals surface area (Å²) < 4.78 is 2.27. The van der Waals surface area contributed by atoms with Gasteiger partial charge in [-0.15, -0.1) is 5.10 Å². The lowest BCUT2D eigenvalue weighted by atomic mass is 10.3. The van der Waals surface area contributed by atoms with Crippen LogP contribution in [0.3, 0.4) is 0 Å². The average Bonchev–Trinajstić information content (AvgIpc) is 2.55. The molecule has 0 N–H and O–H groups in total. The maximum Gasteiger partial charge on any atom is 0.357 e. The average molecular weight is 217 g/mol. The maximum atomic E-state index is 11.9. The Labute approximate surface area is 91.9 Å². The molecule has 82 valence electrons. The van der Waals surface area contributed by atoms with Gasteiger partial charge in [-0.05, 0) is 19.1 Å². The number of carbonyl (C=O) groups is 1. The van der Waals surface area contributed by atoms with Crippen molar-refractivity contribution in [2.45, 2.75) is 13.8 Å². The highest BCUT2D eigenvalue weighted by atomic mass is 16.2. The van der Waals surface area contributed by atoms with Crippen LogP contribution in [0.25, 0.3) is 5.69 Å². The molecule has 5 heteroatoms. The molecule has 0 saturated carbocycles. The third-order valence-electron chi connectivity index (χ3n) is 2.26. The van der Waals surface area contributed by atoms with Crippen LogP contribution in [-0.2, 0) is 0 Å². The van der Waals surface area contributed by atoms with E-state index in [0.29, 0.717) is 11.5 Å². The van der Waals surface area contributed by atoms with Gasteiger partial charge in [0.15, 0.2) is 0 Å². The lowest BCUT2D eigenvalue weighted by Crippen LogP contribution is -2.27. The molecule has 0 radical (unpaired) electrons. The highest BCUT2D eigenvalue weighted by Crippen LogP contribution is 2.03. The van der Waals surface area contributed by atoms with Gasteiger partial charge in [0.05, 0.1) is 5.69 Å². The summed E-state index contributed by atoms with van der Waals surface area (Å²) in [7, 11) is 0. The summed E-state index contributed by atoms with van der Waals surface area (Å²) in [6.45, 7) is 2.97. The van der Waals surface area contributed by atoms with Gasteiger partial charge in [-0.2, -0.15) is 4.68 Å². The van der Waals surface area contributed by atoms with Gasteiger partial charge in [-0.1, -0.05) is 18.2 Å². The number of benzene rings is 1. The topological polar surface area (TPSA) is 56.9 Å². The molecule has 5 nitrogen and oxygen atoms in total. The first-order valence-corrected chi connectivity index (χ1v) is 4.86. The number of aromatic nitrogens is 3. The molecule has 0 amide bonds. The lowest BCUT2D eigenvalue weighted by molar-refractivity contribution is 0.0930. The van der Waals surface area contributed by atoms with E-state index in [9.17, 15) is 9.59 Å². The minimum Gasteiger partial charge on any atom is -0.274 e. The van der Waals surface area contributed by atoms with Crippen LogP contribution in [0.5, 0.6) is 0 Å². The van der Waals surface area contributed by atoms with E-state index in [1.165, 1.54) is 11.6 Å². The predicted molar refractivity (Wildman–Crippen MR) is 58.9 cm³/mol. The normalized spacial score (nSPS) is 10.4. The lowest BCUT2D eigenvalue weighted by Gasteiger charge is -1.96. The maximum absolute atomic E-state index is 11.9. The minimum atomic E-state index is -0.434. The third-order valence-corrected chi connectivity index (χ3v) is 2.26. The monoisotopic (exact) mass is 217 g/mol. The van der Waals surface area contributed by atoms with E-state index in [2.05, 4.69) is 5.10 Å². The van der Waals surface area contributed by atoms with E-state index in [1.807, 2.05) is 18.2 Å². The van der Waals surface area contributed by atoms with Crippen molar-refractivity contribution in [1.29, 1.82) is 0 Å². The molecule has 0 aliphatic rings. The molecular weight excluding hydrogens is 206 g/mol. The fourth-order valence-corrected chi connectivity index (χ4v) is 1.57. The second kappa shape index (κ2) is 3.77. The Morgan fingerprint density at radius 3 is 2.38 bits per heavy atom. The van der Waals surface area contributed by atoms with Gasteiger partial charge in [-0.3, -0.25) is 4.79 Å². The first-order valence-electron chi connectivity index (χ1n) is 4.86. The Morgan fingerprint density at radius 1 is 1.25 bits per heavy atom. The molecule has 0 fully saturated rings. The van der Waals surface area contributed by atoms with Crippen LogP contribution in [-0.4, -0.2) is 20.3 Å². The second-order valence-electron chi connectivity index (χ2n) is 3.43. The van der Waals surface area contributed by atoms with Crippen molar-refractivity contribution < 1.29 is 4.79 Å². The summed E-state index contributed by atoms with van der Waals surface area (Å²) in [5.74, 6) is 0.0611. The first-order chi connectivity index (χ1) is 7.61. The summed E-state index contributed by atoms with van der Waals surface area (Å²) in [5, 5.41) is 4.05. The zero-order valence-corrected chi connectivity index (χ0v) is 9.04. The number of para-hydroxylation sites is 1. The molecule has 1 heterocycles. The molecule has 0 atom stereocenters. The largest absolute Gasteiger partial charge is 0.357 e. The van der Waals surface area contributed by atoms with Gasteiger partial charge in [0.1, 0.15) is 5.82 Å². The summed E-state index contributed by atoms with van der Waals surface area (Å²) >= 11 is 0. The van der Waals surface area contributed by atoms with E-state index in [-0.39, 0.29) is 5.91 Å². The standard InChI is InChI=1S/C11H11N3O2/c1-8-12-14(10-6-4-3-5-7-10)11(16)13(8)9(2)15/h3-7H,1-2H3. The Balaban J connectivity index is 2.66. The van der Waals surface area contributed by atoms with Crippen LogP contribution in [0.2, 0.25) is 0 Å². The molecule has 0 saturated heterocycles. The van der Waals surface area contributed by atoms with Crippen LogP contribution >= 0.6 is 0 Å². The van der Waals surface area contributed by atoms with Crippen molar-refractivity contribution in [3.8, 4) is 5.69 Å². The fraction of sp³-hybridized carbons (Fsp3) is 0.182. The van der Waals surface area contributed by atoms with E-state index in [1.54, 1.807) is 19.1 Å². The van der Waals surface area contributed by atoms with E-state index in [4.69, 9.17) is 0 Å². The molecule has 1 aromatic heterocycles. The summed E-state index contributed by atoms with van der Waals surface area (Å²) in [6, 6.07) is 8.99. The van der Waals surface area contributed by atoms with Crippen LogP contribution in [0.15, 0.2) is 35.1 Å². The minimum absolute atomic E-state index is 0.329. The molecular formula is C11H11N3O2. The van der Waals surface area contributed by atoms with E-state index in [0.717, 1.165) is 4.57 Å². The van der Waals surface area contributed by atoms with Gasteiger partial charge in [0, 0.05) is 6.92 Å². The molecule has 0 aliphatic heterocycles. The zero-order chi connectivity index (χ0) is 11.7. The van der Waals surface area contributed by atoms with Crippen LogP contribution in [0.1, 0.15) is 17.5 Å². The Hall–Kier alpha value is -2.17. The predicted octanol–water partition coefficient (Wildman–Crippen LogP) is 1.00. The number of carbonyl (C=O) groups excluding carboxylic acids is 1. The van der Waals surface area contributed by atoms with Crippen molar-refractivity contribution in [3.05, 3.63) is 46.6 Å². The second-order valence-corrected chi connectivity index (χ2v) is 3.43.